The number of nitrogens with one attached hydrogen (secondary N) is 1. The summed E-state index contributed by atoms with van der Waals surface area (Å²) in [5, 5.41) is 12.7. The number of benzene rings is 2. The summed E-state index contributed by atoms with van der Waals surface area (Å²) in [5.41, 5.74) is 8.86. The summed E-state index contributed by atoms with van der Waals surface area (Å²) >= 11 is 0. The molecular weight excluding hydrogens is 433 g/mol. The van der Waals surface area contributed by atoms with Gasteiger partial charge < -0.3 is 25.6 Å². The van der Waals surface area contributed by atoms with Crippen LogP contribution in [0, 0.1) is 0 Å². The number of hydrogen-bond acceptors (Lipinski definition) is 4. The minimum Gasteiger partial charge on any atom is -0.504 e. The van der Waals surface area contributed by atoms with Crippen LogP contribution in [0.1, 0.15) is 11.1 Å². The topological polar surface area (TPSA) is 89.1 Å². The fraction of sp³-hybridized carbons (Fsp3) is 0.278. The highest BCUT2D eigenvalue weighted by molar-refractivity contribution is 14.0. The number of hydrogen-bond donors (Lipinski definition) is 3. The van der Waals surface area contributed by atoms with E-state index in [4.69, 9.17) is 15.2 Å². The zero-order valence-electron chi connectivity index (χ0n) is 14.4. The lowest BCUT2D eigenvalue weighted by molar-refractivity contribution is 0.185. The fourth-order valence-electron chi connectivity index (χ4n) is 2.28. The summed E-state index contributed by atoms with van der Waals surface area (Å²) in [7, 11) is 3.18. The lowest BCUT2D eigenvalue weighted by atomic mass is 10.1. The summed E-state index contributed by atoms with van der Waals surface area (Å²) < 4.78 is 10.3. The van der Waals surface area contributed by atoms with E-state index in [0.29, 0.717) is 31.3 Å². The van der Waals surface area contributed by atoms with Gasteiger partial charge in [-0.15, -0.1) is 24.0 Å². The Morgan fingerprint density at radius 1 is 1.20 bits per heavy atom. The number of anilines is 1. The monoisotopic (exact) mass is 457 g/mol. The Bertz CT molecular complexity index is 708. The first-order valence-electron chi connectivity index (χ1n) is 7.63. The highest BCUT2D eigenvalue weighted by Gasteiger charge is 2.04. The lowest BCUT2D eigenvalue weighted by Crippen LogP contribution is -2.23. The van der Waals surface area contributed by atoms with Crippen LogP contribution >= 0.6 is 24.0 Å². The van der Waals surface area contributed by atoms with Crippen molar-refractivity contribution >= 4 is 35.6 Å². The maximum absolute atomic E-state index is 9.59. The number of phenols is 1. The van der Waals surface area contributed by atoms with Crippen LogP contribution in [0.4, 0.5) is 5.69 Å². The van der Waals surface area contributed by atoms with Crippen molar-refractivity contribution in [1.82, 2.24) is 0 Å². The number of phenolic OH excluding ortho intramolecular Hbond substituents is 1. The Labute approximate surface area is 165 Å². The molecule has 0 atom stereocenters. The van der Waals surface area contributed by atoms with Gasteiger partial charge in [-0.25, -0.2) is 0 Å². The second-order valence-corrected chi connectivity index (χ2v) is 5.24. The smallest absolute Gasteiger partial charge is 0.193 e. The first kappa shape index (κ1) is 21.0. The van der Waals surface area contributed by atoms with E-state index in [1.807, 2.05) is 30.3 Å². The zero-order valence-corrected chi connectivity index (χ0v) is 16.7. The number of rotatable bonds is 7. The molecule has 0 radical (unpaired) electrons. The van der Waals surface area contributed by atoms with Gasteiger partial charge in [0.1, 0.15) is 0 Å². The van der Waals surface area contributed by atoms with Crippen LogP contribution in [0.2, 0.25) is 0 Å². The van der Waals surface area contributed by atoms with Crippen LogP contribution in [-0.4, -0.2) is 31.8 Å². The van der Waals surface area contributed by atoms with Gasteiger partial charge in [0.15, 0.2) is 17.5 Å². The highest BCUT2D eigenvalue weighted by Crippen LogP contribution is 2.26. The third kappa shape index (κ3) is 6.43. The third-order valence-electron chi connectivity index (χ3n) is 3.51. The largest absolute Gasteiger partial charge is 0.504 e. The van der Waals surface area contributed by atoms with Gasteiger partial charge in [-0.2, -0.15) is 0 Å². The predicted molar refractivity (Wildman–Crippen MR) is 111 cm³/mol. The molecule has 2 rings (SSSR count). The van der Waals surface area contributed by atoms with Gasteiger partial charge in [0, 0.05) is 24.9 Å². The quantitative estimate of drug-likeness (QED) is 0.338. The van der Waals surface area contributed by atoms with Crippen molar-refractivity contribution in [2.24, 2.45) is 10.7 Å². The van der Waals surface area contributed by atoms with Gasteiger partial charge in [0.25, 0.3) is 0 Å². The van der Waals surface area contributed by atoms with E-state index in [0.717, 1.165) is 16.8 Å². The van der Waals surface area contributed by atoms with E-state index in [1.165, 1.54) is 7.11 Å². The van der Waals surface area contributed by atoms with Gasteiger partial charge in [0.05, 0.1) is 13.7 Å². The van der Waals surface area contributed by atoms with Crippen molar-refractivity contribution in [3.63, 3.8) is 0 Å². The minimum atomic E-state index is 0. The summed E-state index contributed by atoms with van der Waals surface area (Å²) in [5.74, 6) is 0.932. The maximum atomic E-state index is 9.59. The van der Waals surface area contributed by atoms with Gasteiger partial charge in [0.2, 0.25) is 0 Å². The standard InChI is InChI=1S/C18H23N3O3.HI/c1-23-12-14-5-3-4-6-15(14)21-18(19)20-10-9-13-7-8-16(22)17(11-13)24-2;/h3-8,11,22H,9-10,12H2,1-2H3,(H3,19,20,21);1H. The number of aromatic hydroxyl groups is 1. The number of nitrogens with zero attached hydrogens (tertiary/aromatic N) is 1. The number of ether oxygens (including phenoxy) is 2. The lowest BCUT2D eigenvalue weighted by Gasteiger charge is -2.11. The molecule has 25 heavy (non-hydrogen) atoms. The van der Waals surface area contributed by atoms with E-state index in [9.17, 15) is 5.11 Å². The molecule has 0 saturated carbocycles. The molecule has 0 fully saturated rings. The second kappa shape index (κ2) is 10.8. The average molecular weight is 457 g/mol. The van der Waals surface area contributed by atoms with E-state index < -0.39 is 0 Å². The van der Waals surface area contributed by atoms with E-state index >= 15 is 0 Å². The third-order valence-corrected chi connectivity index (χ3v) is 3.51. The maximum Gasteiger partial charge on any atom is 0.193 e. The highest BCUT2D eigenvalue weighted by atomic mass is 127. The second-order valence-electron chi connectivity index (χ2n) is 5.24. The molecular formula is C18H24IN3O3. The molecule has 0 aromatic heterocycles. The van der Waals surface area contributed by atoms with Crippen LogP contribution in [0.3, 0.4) is 0 Å². The number of halogens is 1. The Hall–Kier alpha value is -2.00. The SMILES string of the molecule is COCc1ccccc1NC(N)=NCCc1ccc(O)c(OC)c1.I. The van der Waals surface area contributed by atoms with Crippen LogP contribution in [-0.2, 0) is 17.8 Å². The van der Waals surface area contributed by atoms with Crippen molar-refractivity contribution in [2.45, 2.75) is 13.0 Å². The molecule has 0 aliphatic rings. The molecule has 2 aromatic carbocycles. The van der Waals surface area contributed by atoms with E-state index in [2.05, 4.69) is 10.3 Å². The van der Waals surface area contributed by atoms with Crippen molar-refractivity contribution in [1.29, 1.82) is 0 Å². The number of para-hydroxylation sites is 1. The molecule has 136 valence electrons. The first-order valence-corrected chi connectivity index (χ1v) is 7.63. The average Bonchev–Trinajstić information content (AvgIpc) is 2.58. The van der Waals surface area contributed by atoms with Crippen molar-refractivity contribution < 1.29 is 14.6 Å². The number of nitrogens with two attached hydrogens (primary N) is 1. The summed E-state index contributed by atoms with van der Waals surface area (Å²) in [4.78, 5) is 4.33. The van der Waals surface area contributed by atoms with Gasteiger partial charge in [-0.3, -0.25) is 4.99 Å². The number of aliphatic imine (C=N–C) groups is 1. The molecule has 0 aliphatic heterocycles. The normalized spacial score (nSPS) is 10.9. The zero-order chi connectivity index (χ0) is 17.4. The molecule has 0 aliphatic carbocycles. The van der Waals surface area contributed by atoms with Crippen molar-refractivity contribution in [2.75, 3.05) is 26.1 Å². The molecule has 0 saturated heterocycles. The van der Waals surface area contributed by atoms with Crippen molar-refractivity contribution in [3.8, 4) is 11.5 Å². The Kier molecular flexibility index (Phi) is 9.07. The molecule has 6 nitrogen and oxygen atoms in total. The van der Waals surface area contributed by atoms with Crippen molar-refractivity contribution in [3.05, 3.63) is 53.6 Å². The summed E-state index contributed by atoms with van der Waals surface area (Å²) in [6.07, 6.45) is 0.693. The number of methoxy groups -OCH3 is 2. The van der Waals surface area contributed by atoms with Gasteiger partial charge >= 0.3 is 0 Å². The summed E-state index contributed by atoms with van der Waals surface area (Å²) in [6.45, 7) is 1.03. The van der Waals surface area contributed by atoms with Crippen LogP contribution < -0.4 is 15.8 Å². The molecule has 4 N–H and O–H groups in total. The predicted octanol–water partition coefficient (Wildman–Crippen LogP) is 3.13. The first-order chi connectivity index (χ1) is 11.6. The van der Waals surface area contributed by atoms with Gasteiger partial charge in [-0.1, -0.05) is 24.3 Å². The molecule has 0 heterocycles. The van der Waals surface area contributed by atoms with Crippen LogP contribution in [0.25, 0.3) is 0 Å². The van der Waals surface area contributed by atoms with Crippen LogP contribution in [0.15, 0.2) is 47.5 Å². The fourth-order valence-corrected chi connectivity index (χ4v) is 2.28. The molecule has 0 amide bonds. The Morgan fingerprint density at radius 3 is 2.68 bits per heavy atom. The van der Waals surface area contributed by atoms with E-state index in [1.54, 1.807) is 19.2 Å². The molecule has 0 spiro atoms. The molecule has 7 heteroatoms. The summed E-state index contributed by atoms with van der Waals surface area (Å²) in [6, 6.07) is 13.0. The Balaban J connectivity index is 0.00000312. The molecule has 2 aromatic rings. The number of guanidine groups is 1. The Morgan fingerprint density at radius 2 is 1.96 bits per heavy atom. The van der Waals surface area contributed by atoms with E-state index in [-0.39, 0.29) is 29.7 Å². The van der Waals surface area contributed by atoms with Crippen LogP contribution in [0.5, 0.6) is 11.5 Å². The molecule has 0 unspecified atom stereocenters. The van der Waals surface area contributed by atoms with Gasteiger partial charge in [-0.05, 0) is 30.2 Å². The molecule has 0 bridgehead atoms. The minimum absolute atomic E-state index is 0.